The zero-order valence-corrected chi connectivity index (χ0v) is 12.9. The van der Waals surface area contributed by atoms with Gasteiger partial charge in [0.15, 0.2) is 0 Å². The highest BCUT2D eigenvalue weighted by Crippen LogP contribution is 2.38. The van der Waals surface area contributed by atoms with Crippen molar-refractivity contribution >= 4 is 11.7 Å². The number of anilines is 1. The number of benzene rings is 2. The van der Waals surface area contributed by atoms with Gasteiger partial charge in [0.05, 0.1) is 6.54 Å². The summed E-state index contributed by atoms with van der Waals surface area (Å²) in [5, 5.41) is 14.6. The molecule has 2 aromatic carbocycles. The molecule has 128 valence electrons. The molecule has 7 heteroatoms. The highest BCUT2D eigenvalue weighted by molar-refractivity contribution is 5.89. The number of halogens is 3. The summed E-state index contributed by atoms with van der Waals surface area (Å²) in [5.41, 5.74) is -2.09. The Balaban J connectivity index is 2.08. The Morgan fingerprint density at radius 2 is 1.62 bits per heavy atom. The quantitative estimate of drug-likeness (QED) is 0.798. The molecular formula is C17H17F3N2O2. The second-order valence-corrected chi connectivity index (χ2v) is 5.40. The zero-order valence-electron chi connectivity index (χ0n) is 12.9. The van der Waals surface area contributed by atoms with Crippen molar-refractivity contribution in [1.29, 1.82) is 0 Å². The molecule has 0 aliphatic heterocycles. The van der Waals surface area contributed by atoms with Gasteiger partial charge in [-0.1, -0.05) is 48.0 Å². The molecule has 0 saturated heterocycles. The summed E-state index contributed by atoms with van der Waals surface area (Å²) in [6, 6.07) is 12.6. The summed E-state index contributed by atoms with van der Waals surface area (Å²) in [5.74, 6) is 0. The van der Waals surface area contributed by atoms with Crippen LogP contribution < -0.4 is 10.6 Å². The molecule has 0 spiro atoms. The summed E-state index contributed by atoms with van der Waals surface area (Å²) >= 11 is 0. The number of alkyl halides is 3. The van der Waals surface area contributed by atoms with E-state index in [1.165, 1.54) is 18.2 Å². The number of aryl methyl sites for hydroxylation is 1. The van der Waals surface area contributed by atoms with Gasteiger partial charge < -0.3 is 15.7 Å². The molecule has 0 fully saturated rings. The lowest BCUT2D eigenvalue weighted by Gasteiger charge is -2.31. The van der Waals surface area contributed by atoms with Gasteiger partial charge in [0, 0.05) is 5.69 Å². The molecule has 0 bridgehead atoms. The van der Waals surface area contributed by atoms with E-state index in [0.29, 0.717) is 5.69 Å². The fourth-order valence-electron chi connectivity index (χ4n) is 2.10. The molecule has 2 rings (SSSR count). The maximum Gasteiger partial charge on any atom is 0.423 e. The number of urea groups is 1. The standard InChI is InChI=1S/C17H17F3N2O2/c1-12-7-9-14(10-8-12)22-15(23)21-11-16(24,17(18,19)20)13-5-3-2-4-6-13/h2-10,24H,11H2,1H3,(H2,21,22,23). The third-order valence-corrected chi connectivity index (χ3v) is 3.53. The first-order chi connectivity index (χ1) is 11.2. The Bertz CT molecular complexity index is 687. The van der Waals surface area contributed by atoms with E-state index in [1.807, 2.05) is 6.92 Å². The zero-order chi connectivity index (χ0) is 17.8. The lowest BCUT2D eigenvalue weighted by molar-refractivity contribution is -0.263. The second kappa shape index (κ2) is 6.92. The number of carbonyl (C=O) groups excluding carboxylic acids is 1. The Hall–Kier alpha value is -2.54. The molecule has 1 unspecified atom stereocenters. The number of amides is 2. The van der Waals surface area contributed by atoms with E-state index in [1.54, 1.807) is 24.3 Å². The van der Waals surface area contributed by atoms with Crippen LogP contribution in [0.1, 0.15) is 11.1 Å². The average Bonchev–Trinajstić information content (AvgIpc) is 2.54. The number of carbonyl (C=O) groups is 1. The van der Waals surface area contributed by atoms with Crippen molar-refractivity contribution in [2.45, 2.75) is 18.7 Å². The van der Waals surface area contributed by atoms with Crippen LogP contribution >= 0.6 is 0 Å². The minimum absolute atomic E-state index is 0.340. The molecule has 0 aliphatic carbocycles. The number of hydrogen-bond donors (Lipinski definition) is 3. The lowest BCUT2D eigenvalue weighted by atomic mass is 9.93. The third-order valence-electron chi connectivity index (χ3n) is 3.53. The van der Waals surface area contributed by atoms with Crippen molar-refractivity contribution in [2.24, 2.45) is 0 Å². The number of hydrogen-bond acceptors (Lipinski definition) is 2. The predicted octanol–water partition coefficient (Wildman–Crippen LogP) is 3.57. The lowest BCUT2D eigenvalue weighted by Crippen LogP contribution is -2.51. The van der Waals surface area contributed by atoms with Gasteiger partial charge in [-0.15, -0.1) is 0 Å². The van der Waals surface area contributed by atoms with E-state index in [0.717, 1.165) is 17.7 Å². The molecule has 0 aromatic heterocycles. The summed E-state index contributed by atoms with van der Waals surface area (Å²) < 4.78 is 39.9. The minimum atomic E-state index is -4.94. The van der Waals surface area contributed by atoms with Crippen LogP contribution in [-0.2, 0) is 5.60 Å². The first-order valence-corrected chi connectivity index (χ1v) is 7.18. The SMILES string of the molecule is Cc1ccc(NC(=O)NCC(O)(c2ccccc2)C(F)(F)F)cc1. The van der Waals surface area contributed by atoms with Crippen LogP contribution in [0, 0.1) is 6.92 Å². The van der Waals surface area contributed by atoms with Crippen molar-refractivity contribution in [3.63, 3.8) is 0 Å². The first kappa shape index (κ1) is 17.8. The monoisotopic (exact) mass is 338 g/mol. The first-order valence-electron chi connectivity index (χ1n) is 7.18. The maximum absolute atomic E-state index is 13.3. The Morgan fingerprint density at radius 1 is 1.04 bits per heavy atom. The Kier molecular flexibility index (Phi) is 5.14. The Morgan fingerprint density at radius 3 is 2.17 bits per heavy atom. The molecule has 3 N–H and O–H groups in total. The smallest absolute Gasteiger partial charge is 0.375 e. The van der Waals surface area contributed by atoms with E-state index in [2.05, 4.69) is 10.6 Å². The fraction of sp³-hybridized carbons (Fsp3) is 0.235. The van der Waals surface area contributed by atoms with Crippen LogP contribution in [0.2, 0.25) is 0 Å². The molecule has 1 atom stereocenters. The molecule has 24 heavy (non-hydrogen) atoms. The topological polar surface area (TPSA) is 61.4 Å². The summed E-state index contributed by atoms with van der Waals surface area (Å²) in [6.07, 6.45) is -4.94. The molecule has 0 aliphatic rings. The van der Waals surface area contributed by atoms with Crippen molar-refractivity contribution in [3.05, 3.63) is 65.7 Å². The van der Waals surface area contributed by atoms with E-state index < -0.39 is 24.4 Å². The van der Waals surface area contributed by atoms with Gasteiger partial charge in [-0.05, 0) is 24.6 Å². The minimum Gasteiger partial charge on any atom is -0.375 e. The van der Waals surface area contributed by atoms with Crippen molar-refractivity contribution in [3.8, 4) is 0 Å². The highest BCUT2D eigenvalue weighted by Gasteiger charge is 2.55. The molecule has 2 amide bonds. The third kappa shape index (κ3) is 4.05. The largest absolute Gasteiger partial charge is 0.423 e. The average molecular weight is 338 g/mol. The van der Waals surface area contributed by atoms with Crippen molar-refractivity contribution < 1.29 is 23.1 Å². The highest BCUT2D eigenvalue weighted by atomic mass is 19.4. The van der Waals surface area contributed by atoms with Crippen LogP contribution in [0.5, 0.6) is 0 Å². The number of rotatable bonds is 4. The molecule has 0 heterocycles. The van der Waals surface area contributed by atoms with E-state index >= 15 is 0 Å². The summed E-state index contributed by atoms with van der Waals surface area (Å²) in [7, 11) is 0. The van der Waals surface area contributed by atoms with E-state index in [-0.39, 0.29) is 5.56 Å². The summed E-state index contributed by atoms with van der Waals surface area (Å²) in [6.45, 7) is 0.866. The van der Waals surface area contributed by atoms with Crippen LogP contribution in [0.15, 0.2) is 54.6 Å². The van der Waals surface area contributed by atoms with E-state index in [9.17, 15) is 23.1 Å². The van der Waals surface area contributed by atoms with Gasteiger partial charge in [0.25, 0.3) is 0 Å². The molecule has 0 radical (unpaired) electrons. The summed E-state index contributed by atoms with van der Waals surface area (Å²) in [4.78, 5) is 11.8. The fourth-order valence-corrected chi connectivity index (χ4v) is 2.10. The molecule has 2 aromatic rings. The maximum atomic E-state index is 13.3. The number of nitrogens with one attached hydrogen (secondary N) is 2. The van der Waals surface area contributed by atoms with E-state index in [4.69, 9.17) is 0 Å². The normalized spacial score (nSPS) is 13.9. The van der Waals surface area contributed by atoms with Crippen molar-refractivity contribution in [1.82, 2.24) is 5.32 Å². The number of aliphatic hydroxyl groups is 1. The van der Waals surface area contributed by atoms with Crippen LogP contribution in [0.4, 0.5) is 23.7 Å². The van der Waals surface area contributed by atoms with Crippen molar-refractivity contribution in [2.75, 3.05) is 11.9 Å². The molecule has 4 nitrogen and oxygen atoms in total. The predicted molar refractivity (Wildman–Crippen MR) is 84.6 cm³/mol. The molecular weight excluding hydrogens is 321 g/mol. The molecule has 0 saturated carbocycles. The second-order valence-electron chi connectivity index (χ2n) is 5.40. The Labute approximate surface area is 137 Å². The van der Waals surface area contributed by atoms with Crippen LogP contribution in [0.3, 0.4) is 0 Å². The van der Waals surface area contributed by atoms with Gasteiger partial charge in [-0.25, -0.2) is 4.79 Å². The van der Waals surface area contributed by atoms with Crippen LogP contribution in [0.25, 0.3) is 0 Å². The van der Waals surface area contributed by atoms with Gasteiger partial charge in [0.1, 0.15) is 0 Å². The van der Waals surface area contributed by atoms with Gasteiger partial charge in [-0.3, -0.25) is 0 Å². The van der Waals surface area contributed by atoms with Gasteiger partial charge in [0.2, 0.25) is 5.60 Å². The van der Waals surface area contributed by atoms with Gasteiger partial charge in [-0.2, -0.15) is 13.2 Å². The van der Waals surface area contributed by atoms with Crippen LogP contribution in [-0.4, -0.2) is 23.9 Å². The van der Waals surface area contributed by atoms with Gasteiger partial charge >= 0.3 is 12.2 Å².